The van der Waals surface area contributed by atoms with Crippen LogP contribution in [0.3, 0.4) is 0 Å². The van der Waals surface area contributed by atoms with Crippen molar-refractivity contribution >= 4 is 22.8 Å². The molecule has 6 heteroatoms. The lowest BCUT2D eigenvalue weighted by Crippen LogP contribution is -2.11. The van der Waals surface area contributed by atoms with E-state index < -0.39 is 0 Å². The number of alkyl halides is 1. The Kier molecular flexibility index (Phi) is 3.44. The summed E-state index contributed by atoms with van der Waals surface area (Å²) in [5, 5.41) is 4.15. The number of hydrogen-bond donors (Lipinski definition) is 0. The van der Waals surface area contributed by atoms with Crippen LogP contribution in [-0.4, -0.2) is 24.3 Å². The highest BCUT2D eigenvalue weighted by Crippen LogP contribution is 2.23. The highest BCUT2D eigenvalue weighted by molar-refractivity contribution is 6.20. The summed E-state index contributed by atoms with van der Waals surface area (Å²) >= 11 is 6.23. The molecule has 20 heavy (non-hydrogen) atoms. The fourth-order valence-electron chi connectivity index (χ4n) is 2.29. The van der Waals surface area contributed by atoms with Gasteiger partial charge in [-0.3, -0.25) is 4.68 Å². The Labute approximate surface area is 122 Å². The zero-order chi connectivity index (χ0) is 14.1. The van der Waals surface area contributed by atoms with Crippen molar-refractivity contribution in [1.82, 2.24) is 24.3 Å². The lowest BCUT2D eigenvalue weighted by atomic mass is 10.4. The van der Waals surface area contributed by atoms with Gasteiger partial charge < -0.3 is 4.57 Å². The van der Waals surface area contributed by atoms with Crippen LogP contribution in [0.5, 0.6) is 0 Å². The van der Waals surface area contributed by atoms with E-state index in [0.29, 0.717) is 0 Å². The predicted octanol–water partition coefficient (Wildman–Crippen LogP) is 2.94. The lowest BCUT2D eigenvalue weighted by Gasteiger charge is -2.09. The number of hydrogen-bond acceptors (Lipinski definition) is 3. The molecule has 0 spiro atoms. The van der Waals surface area contributed by atoms with E-state index in [2.05, 4.69) is 19.6 Å². The Morgan fingerprint density at radius 2 is 2.20 bits per heavy atom. The molecule has 0 aliphatic rings. The number of imidazole rings is 1. The zero-order valence-corrected chi connectivity index (χ0v) is 12.2. The van der Waals surface area contributed by atoms with Crippen LogP contribution in [0, 0.1) is 6.92 Å². The van der Waals surface area contributed by atoms with Crippen LogP contribution in [0.1, 0.15) is 23.7 Å². The van der Waals surface area contributed by atoms with Crippen LogP contribution in [0.2, 0.25) is 0 Å². The van der Waals surface area contributed by atoms with Crippen molar-refractivity contribution in [2.24, 2.45) is 0 Å². The van der Waals surface area contributed by atoms with Gasteiger partial charge in [0.05, 0.1) is 18.1 Å². The summed E-state index contributed by atoms with van der Waals surface area (Å²) in [6.45, 7) is 5.48. The second kappa shape index (κ2) is 5.25. The van der Waals surface area contributed by atoms with E-state index in [4.69, 9.17) is 11.6 Å². The normalized spacial score (nSPS) is 12.9. The number of pyridine rings is 1. The molecular weight excluding hydrogens is 274 g/mol. The van der Waals surface area contributed by atoms with E-state index in [-0.39, 0.29) is 5.38 Å². The number of aryl methyl sites for hydroxylation is 3. The van der Waals surface area contributed by atoms with Crippen molar-refractivity contribution in [1.29, 1.82) is 0 Å². The van der Waals surface area contributed by atoms with Crippen molar-refractivity contribution in [3.63, 3.8) is 0 Å². The first kappa shape index (κ1) is 13.1. The molecule has 0 amide bonds. The number of aromatic nitrogens is 5. The number of nitrogens with zero attached hydrogens (tertiary/aromatic N) is 5. The van der Waals surface area contributed by atoms with E-state index in [1.807, 2.05) is 43.1 Å². The second-order valence-electron chi connectivity index (χ2n) is 4.86. The van der Waals surface area contributed by atoms with Crippen molar-refractivity contribution < 1.29 is 0 Å². The molecule has 1 unspecified atom stereocenters. The average Bonchev–Trinajstić information content (AvgIpc) is 3.00. The Bertz CT molecular complexity index is 728. The second-order valence-corrected chi connectivity index (χ2v) is 5.52. The van der Waals surface area contributed by atoms with Crippen LogP contribution in [0.4, 0.5) is 0 Å². The van der Waals surface area contributed by atoms with E-state index in [0.717, 1.165) is 35.6 Å². The van der Waals surface area contributed by atoms with Crippen LogP contribution in [-0.2, 0) is 13.1 Å². The number of rotatable bonds is 4. The maximum Gasteiger partial charge on any atom is 0.160 e. The van der Waals surface area contributed by atoms with Gasteiger partial charge in [-0.2, -0.15) is 5.10 Å². The molecule has 0 radical (unpaired) electrons. The van der Waals surface area contributed by atoms with Gasteiger partial charge in [0.2, 0.25) is 0 Å². The molecule has 0 bridgehead atoms. The molecule has 104 valence electrons. The molecule has 0 aromatic carbocycles. The molecule has 0 saturated carbocycles. The molecule has 3 heterocycles. The van der Waals surface area contributed by atoms with Crippen LogP contribution in [0.15, 0.2) is 30.7 Å². The smallest absolute Gasteiger partial charge is 0.160 e. The molecule has 3 aromatic rings. The van der Waals surface area contributed by atoms with Crippen molar-refractivity contribution in [3.8, 4) is 0 Å². The molecule has 0 aliphatic heterocycles. The molecule has 0 aliphatic carbocycles. The summed E-state index contributed by atoms with van der Waals surface area (Å²) < 4.78 is 4.00. The summed E-state index contributed by atoms with van der Waals surface area (Å²) in [6, 6.07) is 3.85. The summed E-state index contributed by atoms with van der Waals surface area (Å²) in [5.74, 6) is 0.851. The minimum Gasteiger partial charge on any atom is -0.310 e. The van der Waals surface area contributed by atoms with Gasteiger partial charge in [0.25, 0.3) is 0 Å². The molecule has 1 atom stereocenters. The minimum absolute atomic E-state index is 0.149. The standard InChI is InChI=1S/C14H16ClN5/c1-10-8-17-19(9-10)6-7-20-13(11(2)15)18-12-4-3-5-16-14(12)20/h3-5,8-9,11H,6-7H2,1-2H3. The molecule has 0 saturated heterocycles. The minimum atomic E-state index is -0.149. The first-order valence-corrected chi connectivity index (χ1v) is 7.03. The van der Waals surface area contributed by atoms with Gasteiger partial charge in [-0.1, -0.05) is 0 Å². The molecule has 3 aromatic heterocycles. The SMILES string of the molecule is Cc1cnn(CCn2c(C(C)Cl)nc3cccnc32)c1. The van der Waals surface area contributed by atoms with Crippen LogP contribution >= 0.6 is 11.6 Å². The van der Waals surface area contributed by atoms with Gasteiger partial charge >= 0.3 is 0 Å². The van der Waals surface area contributed by atoms with Gasteiger partial charge in [-0.05, 0) is 31.5 Å². The molecule has 0 N–H and O–H groups in total. The van der Waals surface area contributed by atoms with Gasteiger partial charge in [0.1, 0.15) is 11.3 Å². The van der Waals surface area contributed by atoms with Crippen molar-refractivity contribution in [2.45, 2.75) is 32.3 Å². The maximum atomic E-state index is 6.23. The van der Waals surface area contributed by atoms with Gasteiger partial charge in [-0.25, -0.2) is 9.97 Å². The van der Waals surface area contributed by atoms with Crippen LogP contribution < -0.4 is 0 Å². The monoisotopic (exact) mass is 289 g/mol. The van der Waals surface area contributed by atoms with E-state index in [9.17, 15) is 0 Å². The van der Waals surface area contributed by atoms with Crippen molar-refractivity contribution in [3.05, 3.63) is 42.1 Å². The summed E-state index contributed by atoms with van der Waals surface area (Å²) in [7, 11) is 0. The predicted molar refractivity (Wildman–Crippen MR) is 78.8 cm³/mol. The molecule has 5 nitrogen and oxygen atoms in total. The highest BCUT2D eigenvalue weighted by Gasteiger charge is 2.15. The van der Waals surface area contributed by atoms with E-state index in [1.165, 1.54) is 0 Å². The van der Waals surface area contributed by atoms with Crippen molar-refractivity contribution in [2.75, 3.05) is 0 Å². The van der Waals surface area contributed by atoms with Gasteiger partial charge in [0, 0.05) is 18.9 Å². The Morgan fingerprint density at radius 3 is 2.90 bits per heavy atom. The van der Waals surface area contributed by atoms with Gasteiger partial charge in [-0.15, -0.1) is 11.6 Å². The molecular formula is C14H16ClN5. The number of fused-ring (bicyclic) bond motifs is 1. The first-order chi connectivity index (χ1) is 9.65. The third kappa shape index (κ3) is 2.41. The molecule has 3 rings (SSSR count). The fourth-order valence-corrected chi connectivity index (χ4v) is 2.46. The topological polar surface area (TPSA) is 48.5 Å². The summed E-state index contributed by atoms with van der Waals surface area (Å²) in [6.07, 6.45) is 5.66. The van der Waals surface area contributed by atoms with Crippen LogP contribution in [0.25, 0.3) is 11.2 Å². The largest absolute Gasteiger partial charge is 0.310 e. The van der Waals surface area contributed by atoms with E-state index >= 15 is 0 Å². The Balaban J connectivity index is 1.94. The summed E-state index contributed by atoms with van der Waals surface area (Å²) in [4.78, 5) is 8.98. The molecule has 0 fully saturated rings. The number of halogens is 1. The first-order valence-electron chi connectivity index (χ1n) is 6.59. The highest BCUT2D eigenvalue weighted by atomic mass is 35.5. The summed E-state index contributed by atoms with van der Waals surface area (Å²) in [5.41, 5.74) is 2.91. The zero-order valence-electron chi connectivity index (χ0n) is 11.5. The Morgan fingerprint density at radius 1 is 1.35 bits per heavy atom. The quantitative estimate of drug-likeness (QED) is 0.694. The Hall–Kier alpha value is -1.88. The van der Waals surface area contributed by atoms with E-state index in [1.54, 1.807) is 6.20 Å². The third-order valence-corrected chi connectivity index (χ3v) is 3.40. The fraction of sp³-hybridized carbons (Fsp3) is 0.357. The van der Waals surface area contributed by atoms with Gasteiger partial charge in [0.15, 0.2) is 5.65 Å². The third-order valence-electron chi connectivity index (χ3n) is 3.20. The lowest BCUT2D eigenvalue weighted by molar-refractivity contribution is 0.526. The average molecular weight is 290 g/mol. The maximum absolute atomic E-state index is 6.23.